The second-order valence-corrected chi connectivity index (χ2v) is 12.5. The molecule has 0 aromatic carbocycles. The highest BCUT2D eigenvalue weighted by molar-refractivity contribution is 7.59. The third-order valence-electron chi connectivity index (χ3n) is 6.11. The van der Waals surface area contributed by atoms with Gasteiger partial charge in [-0.1, -0.05) is 0 Å². The van der Waals surface area contributed by atoms with Crippen LogP contribution in [-0.2, 0) is 60.6 Å². The van der Waals surface area contributed by atoms with Crippen molar-refractivity contribution in [2.45, 2.75) is 82.4 Å². The molecule has 1 aromatic rings. The zero-order valence-electron chi connectivity index (χ0n) is 24.0. The molecule has 0 amide bonds. The van der Waals surface area contributed by atoms with E-state index in [-0.39, 0.29) is 0 Å². The maximum absolute atomic E-state index is 12.7. The molecule has 3 rings (SSSR count). The van der Waals surface area contributed by atoms with Gasteiger partial charge in [-0.05, 0) is 0 Å². The van der Waals surface area contributed by atoms with E-state index in [1.165, 1.54) is 0 Å². The Hall–Kier alpha value is -3.25. The van der Waals surface area contributed by atoms with Crippen LogP contribution in [0.2, 0.25) is 0 Å². The van der Waals surface area contributed by atoms with Crippen molar-refractivity contribution in [3.63, 3.8) is 0 Å². The summed E-state index contributed by atoms with van der Waals surface area (Å²) in [6.07, 6.45) is -10.2. The molecule has 2 saturated heterocycles. The van der Waals surface area contributed by atoms with Crippen molar-refractivity contribution in [2.24, 2.45) is 0 Å². The second kappa shape index (κ2) is 15.1. The highest BCUT2D eigenvalue weighted by atomic mass is 31.3. The molecule has 3 heterocycles. The normalized spacial score (nSPS) is 31.9. The van der Waals surface area contributed by atoms with E-state index in [0.717, 1.165) is 33.0 Å². The maximum atomic E-state index is 12.7. The lowest BCUT2D eigenvalue weighted by molar-refractivity contribution is -0.306. The number of hydrogen-bond donors (Lipinski definition) is 3. The summed E-state index contributed by atoms with van der Waals surface area (Å²) in [6.45, 7) is 1.62. The number of aliphatic hydroxyl groups is 2. The number of aromatic amines is 1. The highest BCUT2D eigenvalue weighted by Crippen LogP contribution is 2.57. The summed E-state index contributed by atoms with van der Waals surface area (Å²) in [7, 11) is -12.0. The van der Waals surface area contributed by atoms with Gasteiger partial charge in [0.15, 0.2) is 24.5 Å². The molecule has 0 saturated carbocycles. The largest absolute Gasteiger partial charge is 0.756 e. The van der Waals surface area contributed by atoms with Crippen molar-refractivity contribution < 1.29 is 80.6 Å². The molecular weight excluding hydrogens is 670 g/mol. The molecule has 1 aromatic heterocycles. The molecule has 0 spiro atoms. The van der Waals surface area contributed by atoms with E-state index in [9.17, 15) is 53.1 Å². The second-order valence-electron chi connectivity index (χ2n) is 9.61. The number of carbonyl (C=O) groups excluding carboxylic acids is 3. The van der Waals surface area contributed by atoms with Crippen LogP contribution in [0.1, 0.15) is 33.4 Å². The van der Waals surface area contributed by atoms with Gasteiger partial charge < -0.3 is 48.2 Å². The van der Waals surface area contributed by atoms with Gasteiger partial charge in [-0.25, -0.2) is 9.11 Å². The molecule has 256 valence electrons. The van der Waals surface area contributed by atoms with Gasteiger partial charge in [0, 0.05) is 39.5 Å². The first-order valence-electron chi connectivity index (χ1n) is 12.9. The van der Waals surface area contributed by atoms with Crippen molar-refractivity contribution in [3.8, 4) is 12.3 Å². The number of aliphatic hydroxyl groups excluding tert-OH is 2. The fraction of sp³-hybridized carbons (Fsp3) is 0.609. The van der Waals surface area contributed by atoms with Crippen LogP contribution in [0.5, 0.6) is 0 Å². The number of carbonyl (C=O) groups is 3. The molecule has 7 unspecified atom stereocenters. The van der Waals surface area contributed by atoms with Crippen molar-refractivity contribution in [2.75, 3.05) is 6.61 Å². The molecule has 2 aliphatic rings. The van der Waals surface area contributed by atoms with Crippen LogP contribution < -0.4 is 21.0 Å². The maximum Gasteiger partial charge on any atom is 0.330 e. The van der Waals surface area contributed by atoms with Gasteiger partial charge >= 0.3 is 23.6 Å². The molecule has 46 heavy (non-hydrogen) atoms. The van der Waals surface area contributed by atoms with Crippen molar-refractivity contribution >= 4 is 33.6 Å². The van der Waals surface area contributed by atoms with Gasteiger partial charge in [0.2, 0.25) is 6.29 Å². The number of phosphoric acid groups is 2. The predicted octanol–water partition coefficient (Wildman–Crippen LogP) is -3.31. The molecule has 0 radical (unpaired) electrons. The van der Waals surface area contributed by atoms with Crippen LogP contribution in [0.4, 0.5) is 0 Å². The van der Waals surface area contributed by atoms with Crippen molar-refractivity contribution in [1.29, 1.82) is 0 Å². The first kappa shape index (κ1) is 37.2. The van der Waals surface area contributed by atoms with Gasteiger partial charge in [-0.15, -0.1) is 12.3 Å². The molecule has 11 atom stereocenters. The van der Waals surface area contributed by atoms with E-state index in [1.54, 1.807) is 0 Å². The number of esters is 3. The average molecular weight is 698 g/mol. The molecule has 0 aliphatic carbocycles. The van der Waals surface area contributed by atoms with Gasteiger partial charge in [0.1, 0.15) is 24.4 Å². The molecule has 23 heteroatoms. The van der Waals surface area contributed by atoms with Crippen LogP contribution in [0.25, 0.3) is 0 Å². The lowest BCUT2D eigenvalue weighted by Gasteiger charge is -2.45. The fourth-order valence-electron chi connectivity index (χ4n) is 4.40. The molecule has 0 bridgehead atoms. The summed E-state index contributed by atoms with van der Waals surface area (Å²) in [5, 5.41) is 20.5. The number of ether oxygens (including phenoxy) is 5. The minimum atomic E-state index is -6.08. The zero-order chi connectivity index (χ0) is 34.6. The molecule has 3 N–H and O–H groups in total. The Balaban J connectivity index is 1.77. The summed E-state index contributed by atoms with van der Waals surface area (Å²) in [5.74, 6) is -0.851. The zero-order valence-corrected chi connectivity index (χ0v) is 25.8. The number of terminal acetylenes is 1. The Morgan fingerprint density at radius 2 is 1.54 bits per heavy atom. The Morgan fingerprint density at radius 1 is 0.957 bits per heavy atom. The summed E-state index contributed by atoms with van der Waals surface area (Å²) in [6, 6.07) is 0.904. The topological polar surface area (TPSA) is 301 Å². The SMILES string of the molecule is C#CCC1O[C@H](OP(=O)([O-])OP(=O)([O-])OC[C@H]2O[C@@H](n3ccc(=O)[nH]c3=O)C(O)C2O)C(OC(C)=O)C(OC(C)=O)[C@H]1OC(C)=O. The van der Waals surface area contributed by atoms with Gasteiger partial charge in [-0.2, -0.15) is 0 Å². The smallest absolute Gasteiger partial charge is 0.330 e. The monoisotopic (exact) mass is 698 g/mol. The third kappa shape index (κ3) is 9.63. The molecule has 2 fully saturated rings. The molecule has 21 nitrogen and oxygen atoms in total. The van der Waals surface area contributed by atoms with Gasteiger partial charge in [-0.3, -0.25) is 42.4 Å². The van der Waals surface area contributed by atoms with Crippen molar-refractivity contribution in [3.05, 3.63) is 33.1 Å². The van der Waals surface area contributed by atoms with Gasteiger partial charge in [0.05, 0.1) is 6.61 Å². The summed E-state index contributed by atoms with van der Waals surface area (Å²) >= 11 is 0. The van der Waals surface area contributed by atoms with E-state index in [0.29, 0.717) is 4.57 Å². The predicted molar refractivity (Wildman–Crippen MR) is 139 cm³/mol. The van der Waals surface area contributed by atoms with Crippen molar-refractivity contribution in [1.82, 2.24) is 9.55 Å². The summed E-state index contributed by atoms with van der Waals surface area (Å²) in [4.78, 5) is 85.7. The lowest BCUT2D eigenvalue weighted by atomic mass is 9.96. The number of rotatable bonds is 12. The molecular formula is C23H28N2O19P2-2. The van der Waals surface area contributed by atoms with Crippen LogP contribution in [0.3, 0.4) is 0 Å². The van der Waals surface area contributed by atoms with E-state index in [1.807, 2.05) is 4.98 Å². The minimum Gasteiger partial charge on any atom is -0.756 e. The number of H-pyrrole nitrogens is 1. The summed E-state index contributed by atoms with van der Waals surface area (Å²) in [5.41, 5.74) is -1.82. The van der Waals surface area contributed by atoms with Crippen LogP contribution >= 0.6 is 15.6 Å². The average Bonchev–Trinajstić information content (AvgIpc) is 3.19. The number of nitrogens with one attached hydrogen (secondary N) is 1. The van der Waals surface area contributed by atoms with Crippen LogP contribution in [0.15, 0.2) is 21.9 Å². The number of phosphoric ester groups is 2. The molecule has 2 aliphatic heterocycles. The first-order chi connectivity index (χ1) is 21.3. The van der Waals surface area contributed by atoms with E-state index < -0.39 is 113 Å². The Morgan fingerprint density at radius 3 is 2.11 bits per heavy atom. The van der Waals surface area contributed by atoms with Crippen LogP contribution in [-0.4, -0.2) is 93.3 Å². The minimum absolute atomic E-state index is 0.405. The lowest BCUT2D eigenvalue weighted by Crippen LogP contribution is -2.61. The Labute approximate surface area is 258 Å². The van der Waals surface area contributed by atoms with Crippen LogP contribution in [0, 0.1) is 12.3 Å². The fourth-order valence-corrected chi connectivity index (χ4v) is 6.48. The summed E-state index contributed by atoms with van der Waals surface area (Å²) < 4.78 is 65.0. The van der Waals surface area contributed by atoms with E-state index >= 15 is 0 Å². The quantitative estimate of drug-likeness (QED) is 0.0832. The standard InChI is InChI=1S/C23H30N2O19P2/c1-5-6-13-18(38-10(2)26)19(39-11(3)27)20(40-12(4)28)22(42-13)43-46(35,36)44-45(33,34)37-9-14-16(30)17(31)21(41-14)25-8-7-15(29)24-23(25)32/h1,7-8,13-14,16-22,30-31H,6,9H2,2-4H3,(H,33,34)(H,35,36)(H,24,29,32)/p-2/t13?,14-,16?,17?,18+,19?,20?,21-,22-/m1/s1. The number of hydrogen-bond acceptors (Lipinski definition) is 19. The Kier molecular flexibility index (Phi) is 12.2. The first-order valence-corrected chi connectivity index (χ1v) is 15.9. The highest BCUT2D eigenvalue weighted by Gasteiger charge is 2.53. The van der Waals surface area contributed by atoms with E-state index in [2.05, 4.69) is 14.8 Å². The van der Waals surface area contributed by atoms with E-state index in [4.69, 9.17) is 34.6 Å². The Bertz CT molecular complexity index is 1550. The van der Waals surface area contributed by atoms with Gasteiger partial charge in [0.25, 0.3) is 21.2 Å². The third-order valence-corrected chi connectivity index (χ3v) is 8.64. The number of nitrogens with zero attached hydrogens (tertiary/aromatic N) is 1. The number of aromatic nitrogens is 2.